The normalized spacial score (nSPS) is 11.4. The lowest BCUT2D eigenvalue weighted by Crippen LogP contribution is -1.89. The smallest absolute Gasteiger partial charge is 0.154 e. The van der Waals surface area contributed by atoms with Gasteiger partial charge in [0.05, 0.1) is 11.9 Å². The Kier molecular flexibility index (Phi) is 1.63. The molecule has 0 aliphatic heterocycles. The van der Waals surface area contributed by atoms with E-state index in [1.54, 1.807) is 18.2 Å². The summed E-state index contributed by atoms with van der Waals surface area (Å²) in [6, 6.07) is 5.11. The van der Waals surface area contributed by atoms with Gasteiger partial charge in [-0.2, -0.15) is 4.73 Å². The zero-order valence-electron chi connectivity index (χ0n) is 6.75. The minimum atomic E-state index is 0.529. The van der Waals surface area contributed by atoms with Gasteiger partial charge in [-0.3, -0.25) is 0 Å². The van der Waals surface area contributed by atoms with Gasteiger partial charge in [-0.1, -0.05) is 0 Å². The molecule has 0 spiro atoms. The van der Waals surface area contributed by atoms with E-state index in [1.165, 1.54) is 12.5 Å². The van der Waals surface area contributed by atoms with E-state index in [1.807, 2.05) is 0 Å². The third-order valence-corrected chi connectivity index (χ3v) is 1.71. The highest BCUT2D eigenvalue weighted by Gasteiger charge is 2.00. The first-order valence-electron chi connectivity index (χ1n) is 3.73. The summed E-state index contributed by atoms with van der Waals surface area (Å²) in [6.45, 7) is 0. The van der Waals surface area contributed by atoms with E-state index < -0.39 is 0 Å². The zero-order chi connectivity index (χ0) is 9.26. The van der Waals surface area contributed by atoms with Crippen molar-refractivity contribution in [2.45, 2.75) is 0 Å². The second-order valence-corrected chi connectivity index (χ2v) is 2.51. The first kappa shape index (κ1) is 7.60. The van der Waals surface area contributed by atoms with Crippen LogP contribution in [0.5, 0.6) is 0 Å². The molecule has 0 radical (unpaired) electrons. The molecule has 0 aliphatic carbocycles. The van der Waals surface area contributed by atoms with Crippen LogP contribution in [0.25, 0.3) is 11.0 Å². The van der Waals surface area contributed by atoms with Crippen molar-refractivity contribution in [1.82, 2.24) is 9.71 Å². The summed E-state index contributed by atoms with van der Waals surface area (Å²) >= 11 is 0. The number of nitrogens with two attached hydrogens (primary N) is 1. The average molecular weight is 176 g/mol. The maximum Gasteiger partial charge on any atom is 0.154 e. The zero-order valence-corrected chi connectivity index (χ0v) is 6.75. The third-order valence-electron chi connectivity index (χ3n) is 1.71. The number of hydrogen-bond acceptors (Lipinski definition) is 3. The van der Waals surface area contributed by atoms with Crippen LogP contribution in [0.3, 0.4) is 0 Å². The molecule has 13 heavy (non-hydrogen) atoms. The Morgan fingerprint density at radius 3 is 3.08 bits per heavy atom. The van der Waals surface area contributed by atoms with Gasteiger partial charge < -0.3 is 10.9 Å². The van der Waals surface area contributed by atoms with Gasteiger partial charge in [-0.15, -0.1) is 0 Å². The summed E-state index contributed by atoms with van der Waals surface area (Å²) in [7, 11) is 0. The topological polar surface area (TPSA) is 76.4 Å². The molecule has 0 aromatic carbocycles. The fraction of sp³-hybridized carbons (Fsp3) is 0. The van der Waals surface area contributed by atoms with Gasteiger partial charge in [0.15, 0.2) is 5.82 Å². The molecule has 66 valence electrons. The van der Waals surface area contributed by atoms with Gasteiger partial charge in [0.1, 0.15) is 5.52 Å². The molecule has 5 heteroatoms. The number of hydrogen-bond donors (Lipinski definition) is 2. The summed E-state index contributed by atoms with van der Waals surface area (Å²) in [5.74, 6) is 0.529. The molecule has 0 atom stereocenters. The molecule has 0 amide bonds. The maximum atomic E-state index is 9.25. The van der Waals surface area contributed by atoms with E-state index in [0.29, 0.717) is 16.9 Å². The Labute approximate surface area is 74.1 Å². The number of aromatic nitrogens is 2. The molecule has 5 nitrogen and oxygen atoms in total. The molecule has 0 saturated heterocycles. The third kappa shape index (κ3) is 1.20. The van der Waals surface area contributed by atoms with Crippen LogP contribution in [0.1, 0.15) is 0 Å². The van der Waals surface area contributed by atoms with Crippen LogP contribution in [0, 0.1) is 0 Å². The molecule has 3 N–H and O–H groups in total. The first-order chi connectivity index (χ1) is 6.31. The minimum absolute atomic E-state index is 0.529. The van der Waals surface area contributed by atoms with E-state index in [2.05, 4.69) is 9.98 Å². The summed E-state index contributed by atoms with van der Waals surface area (Å²) in [6.07, 6.45) is 2.71. The summed E-state index contributed by atoms with van der Waals surface area (Å²) in [5.41, 5.74) is 6.46. The molecular formula is C8H8N4O. The number of pyridine rings is 1. The molecule has 2 rings (SSSR count). The lowest BCUT2D eigenvalue weighted by atomic mass is 10.4. The highest BCUT2D eigenvalue weighted by Crippen LogP contribution is 2.16. The number of rotatable bonds is 1. The van der Waals surface area contributed by atoms with Crippen LogP contribution in [0.4, 0.5) is 5.82 Å². The SMILES string of the molecule is NC=Nc1ccc2c(ccn2O)n1. The molecule has 0 unspecified atom stereocenters. The van der Waals surface area contributed by atoms with Crippen LogP contribution in [-0.2, 0) is 0 Å². The van der Waals surface area contributed by atoms with E-state index in [0.717, 1.165) is 4.73 Å². The molecule has 0 saturated carbocycles. The van der Waals surface area contributed by atoms with Gasteiger partial charge in [-0.05, 0) is 18.2 Å². The maximum absolute atomic E-state index is 9.25. The second kappa shape index (κ2) is 2.78. The molecular weight excluding hydrogens is 168 g/mol. The number of fused-ring (bicyclic) bond motifs is 1. The van der Waals surface area contributed by atoms with Crippen molar-refractivity contribution in [3.05, 3.63) is 24.4 Å². The monoisotopic (exact) mass is 176 g/mol. The molecule has 0 aliphatic rings. The lowest BCUT2D eigenvalue weighted by Gasteiger charge is -1.94. The minimum Gasteiger partial charge on any atom is -0.428 e. The number of aliphatic imine (C=N–C) groups is 1. The lowest BCUT2D eigenvalue weighted by molar-refractivity contribution is 0.200. The Morgan fingerprint density at radius 2 is 2.31 bits per heavy atom. The van der Waals surface area contributed by atoms with Crippen molar-refractivity contribution >= 4 is 23.2 Å². The van der Waals surface area contributed by atoms with Crippen LogP contribution in [0.2, 0.25) is 0 Å². The first-order valence-corrected chi connectivity index (χ1v) is 3.73. The van der Waals surface area contributed by atoms with E-state index in [9.17, 15) is 5.21 Å². The Hall–Kier alpha value is -2.04. The van der Waals surface area contributed by atoms with Crippen LogP contribution in [-0.4, -0.2) is 21.3 Å². The van der Waals surface area contributed by atoms with Gasteiger partial charge >= 0.3 is 0 Å². The fourth-order valence-electron chi connectivity index (χ4n) is 1.14. The van der Waals surface area contributed by atoms with Crippen molar-refractivity contribution in [2.24, 2.45) is 10.7 Å². The van der Waals surface area contributed by atoms with Crippen LogP contribution < -0.4 is 5.73 Å². The molecule has 2 heterocycles. The van der Waals surface area contributed by atoms with Crippen molar-refractivity contribution in [1.29, 1.82) is 0 Å². The van der Waals surface area contributed by atoms with Crippen LogP contribution >= 0.6 is 0 Å². The number of nitrogens with zero attached hydrogens (tertiary/aromatic N) is 3. The van der Waals surface area contributed by atoms with E-state index in [4.69, 9.17) is 5.73 Å². The quantitative estimate of drug-likeness (QED) is 0.385. The largest absolute Gasteiger partial charge is 0.428 e. The van der Waals surface area contributed by atoms with E-state index >= 15 is 0 Å². The predicted molar refractivity (Wildman–Crippen MR) is 49.3 cm³/mol. The highest BCUT2D eigenvalue weighted by atomic mass is 16.5. The standard InChI is InChI=1S/C8H8N4O/c9-5-10-8-2-1-7-6(11-8)3-4-12(7)13/h1-5,13H,(H2,9,10,11). The summed E-state index contributed by atoms with van der Waals surface area (Å²) < 4.78 is 1.01. The van der Waals surface area contributed by atoms with Gasteiger partial charge in [-0.25, -0.2) is 9.98 Å². The van der Waals surface area contributed by atoms with Crippen molar-refractivity contribution in [2.75, 3.05) is 0 Å². The molecule has 0 bridgehead atoms. The average Bonchev–Trinajstić information content (AvgIpc) is 2.48. The molecule has 2 aromatic heterocycles. The second-order valence-electron chi connectivity index (χ2n) is 2.51. The van der Waals surface area contributed by atoms with Crippen LogP contribution in [0.15, 0.2) is 29.4 Å². The van der Waals surface area contributed by atoms with Crippen molar-refractivity contribution < 1.29 is 5.21 Å². The van der Waals surface area contributed by atoms with Gasteiger partial charge in [0, 0.05) is 6.20 Å². The van der Waals surface area contributed by atoms with Gasteiger partial charge in [0.2, 0.25) is 0 Å². The Morgan fingerprint density at radius 1 is 1.46 bits per heavy atom. The van der Waals surface area contributed by atoms with Gasteiger partial charge in [0.25, 0.3) is 0 Å². The van der Waals surface area contributed by atoms with Crippen molar-refractivity contribution in [3.63, 3.8) is 0 Å². The Bertz CT molecular complexity index is 460. The van der Waals surface area contributed by atoms with E-state index in [-0.39, 0.29) is 0 Å². The highest BCUT2D eigenvalue weighted by molar-refractivity contribution is 5.77. The molecule has 2 aromatic rings. The Balaban J connectivity index is 2.63. The summed E-state index contributed by atoms with van der Waals surface area (Å²) in [5, 5.41) is 9.25. The fourth-order valence-corrected chi connectivity index (χ4v) is 1.14. The predicted octanol–water partition coefficient (Wildman–Crippen LogP) is 0.892. The summed E-state index contributed by atoms with van der Waals surface area (Å²) in [4.78, 5) is 7.94. The van der Waals surface area contributed by atoms with Crippen molar-refractivity contribution in [3.8, 4) is 0 Å². The molecule has 0 fully saturated rings.